The Morgan fingerprint density at radius 3 is 2.56 bits per heavy atom. The van der Waals surface area contributed by atoms with Crippen LogP contribution in [0.1, 0.15) is 38.2 Å². The molecule has 4 nitrogen and oxygen atoms in total. The molecule has 2 atom stereocenters. The average molecular weight is 478 g/mol. The van der Waals surface area contributed by atoms with Crippen LogP contribution in [0.2, 0.25) is 0 Å². The predicted molar refractivity (Wildman–Crippen MR) is 127 cm³/mol. The first-order valence-corrected chi connectivity index (χ1v) is 9.62. The molecule has 1 heterocycles. The van der Waals surface area contributed by atoms with Crippen LogP contribution in [0, 0.1) is 5.92 Å². The summed E-state index contributed by atoms with van der Waals surface area (Å²) in [7, 11) is 0. The predicted octanol–water partition coefficient (Wildman–Crippen LogP) is 5.07. The van der Waals surface area contributed by atoms with Crippen LogP contribution in [0.25, 0.3) is 0 Å². The molecule has 1 fully saturated rings. The zero-order valence-corrected chi connectivity index (χ0v) is 18.6. The first-order valence-electron chi connectivity index (χ1n) is 9.62. The maximum absolute atomic E-state index is 6.08. The summed E-state index contributed by atoms with van der Waals surface area (Å²) in [5, 5.41) is 3.21. The summed E-state index contributed by atoms with van der Waals surface area (Å²) in [5.74, 6) is 1.65. The number of nitrogens with one attached hydrogen (secondary N) is 1. The van der Waals surface area contributed by atoms with E-state index in [-0.39, 0.29) is 24.0 Å². The van der Waals surface area contributed by atoms with Crippen molar-refractivity contribution in [3.8, 4) is 0 Å². The highest BCUT2D eigenvalue weighted by atomic mass is 127. The molecule has 0 spiro atoms. The molecule has 5 heteroatoms. The minimum absolute atomic E-state index is 0. The maximum atomic E-state index is 6.08. The minimum Gasteiger partial charge on any atom is -0.371 e. The monoisotopic (exact) mass is 478 g/mol. The van der Waals surface area contributed by atoms with Crippen LogP contribution >= 0.6 is 24.0 Å². The fourth-order valence-corrected chi connectivity index (χ4v) is 3.40. The number of anilines is 2. The van der Waals surface area contributed by atoms with Gasteiger partial charge in [-0.2, -0.15) is 0 Å². The molecule has 0 amide bonds. The lowest BCUT2D eigenvalue weighted by Crippen LogP contribution is -2.25. The molecule has 2 aromatic carbocycles. The minimum atomic E-state index is 0. The Morgan fingerprint density at radius 2 is 1.89 bits per heavy atom. The second kappa shape index (κ2) is 10.5. The molecule has 3 rings (SSSR count). The van der Waals surface area contributed by atoms with Gasteiger partial charge in [0.05, 0.1) is 0 Å². The lowest BCUT2D eigenvalue weighted by Gasteiger charge is -2.18. The van der Waals surface area contributed by atoms with Gasteiger partial charge in [0.15, 0.2) is 5.96 Å². The van der Waals surface area contributed by atoms with Crippen molar-refractivity contribution in [3.05, 3.63) is 60.2 Å². The van der Waals surface area contributed by atoms with E-state index in [1.54, 1.807) is 0 Å². The van der Waals surface area contributed by atoms with Crippen molar-refractivity contribution in [2.45, 2.75) is 32.6 Å². The third-order valence-corrected chi connectivity index (χ3v) is 5.29. The molecule has 2 aromatic rings. The molecule has 0 saturated carbocycles. The Kier molecular flexibility index (Phi) is 8.41. The van der Waals surface area contributed by atoms with E-state index in [0.717, 1.165) is 38.2 Å². The highest BCUT2D eigenvalue weighted by Gasteiger charge is 2.22. The van der Waals surface area contributed by atoms with E-state index in [4.69, 9.17) is 5.73 Å². The summed E-state index contributed by atoms with van der Waals surface area (Å²) in [6, 6.07) is 19.1. The summed E-state index contributed by atoms with van der Waals surface area (Å²) in [6.07, 6.45) is 2.31. The van der Waals surface area contributed by atoms with Crippen molar-refractivity contribution in [1.29, 1.82) is 0 Å². The third-order valence-electron chi connectivity index (χ3n) is 5.29. The van der Waals surface area contributed by atoms with Crippen molar-refractivity contribution in [1.82, 2.24) is 0 Å². The molecule has 0 radical (unpaired) electrons. The van der Waals surface area contributed by atoms with E-state index in [1.165, 1.54) is 11.3 Å². The van der Waals surface area contributed by atoms with Crippen LogP contribution < -0.4 is 16.0 Å². The van der Waals surface area contributed by atoms with Crippen molar-refractivity contribution in [3.63, 3.8) is 0 Å². The van der Waals surface area contributed by atoms with Gasteiger partial charge in [-0.3, -0.25) is 4.99 Å². The van der Waals surface area contributed by atoms with Gasteiger partial charge in [-0.15, -0.1) is 24.0 Å². The van der Waals surface area contributed by atoms with E-state index < -0.39 is 0 Å². The maximum Gasteiger partial charge on any atom is 0.193 e. The summed E-state index contributed by atoms with van der Waals surface area (Å²) < 4.78 is 0. The lowest BCUT2D eigenvalue weighted by molar-refractivity contribution is 0.603. The summed E-state index contributed by atoms with van der Waals surface area (Å²) in [4.78, 5) is 6.99. The van der Waals surface area contributed by atoms with Gasteiger partial charge >= 0.3 is 0 Å². The Balaban J connectivity index is 0.00000261. The van der Waals surface area contributed by atoms with E-state index in [1.807, 2.05) is 0 Å². The van der Waals surface area contributed by atoms with E-state index in [0.29, 0.717) is 17.8 Å². The average Bonchev–Trinajstić information content (AvgIpc) is 3.16. The first kappa shape index (κ1) is 21.5. The molecule has 1 aliphatic rings. The molecule has 3 N–H and O–H groups in total. The van der Waals surface area contributed by atoms with Crippen molar-refractivity contribution in [2.24, 2.45) is 16.6 Å². The number of nitrogens with zero attached hydrogens (tertiary/aromatic N) is 2. The Labute approximate surface area is 180 Å². The highest BCUT2D eigenvalue weighted by Crippen LogP contribution is 2.24. The SMILES string of the molecule is CCC(C)c1ccc(NC(N)=NCC2CCN(c3ccccc3)C2)cc1.I. The Morgan fingerprint density at radius 1 is 1.19 bits per heavy atom. The number of nitrogens with two attached hydrogens (primary N) is 1. The molecule has 0 bridgehead atoms. The van der Waals surface area contributed by atoms with Gasteiger partial charge in [-0.1, -0.05) is 44.2 Å². The highest BCUT2D eigenvalue weighted by molar-refractivity contribution is 14.0. The van der Waals surface area contributed by atoms with Crippen LogP contribution in [0.3, 0.4) is 0 Å². The molecule has 0 aliphatic carbocycles. The number of benzene rings is 2. The number of halogens is 1. The topological polar surface area (TPSA) is 53.6 Å². The quantitative estimate of drug-likeness (QED) is 0.346. The number of guanidine groups is 1. The van der Waals surface area contributed by atoms with E-state index in [9.17, 15) is 0 Å². The van der Waals surface area contributed by atoms with Crippen LogP contribution in [0.5, 0.6) is 0 Å². The number of para-hydroxylation sites is 1. The zero-order chi connectivity index (χ0) is 18.4. The largest absolute Gasteiger partial charge is 0.371 e. The zero-order valence-electron chi connectivity index (χ0n) is 16.3. The van der Waals surface area contributed by atoms with Gasteiger partial charge in [-0.25, -0.2) is 0 Å². The van der Waals surface area contributed by atoms with Gasteiger partial charge in [-0.05, 0) is 54.5 Å². The molecule has 146 valence electrons. The first-order chi connectivity index (χ1) is 12.7. The van der Waals surface area contributed by atoms with Crippen LogP contribution in [0.4, 0.5) is 11.4 Å². The Hall–Kier alpha value is -1.76. The van der Waals surface area contributed by atoms with Gasteiger partial charge < -0.3 is 16.0 Å². The van der Waals surface area contributed by atoms with Crippen LogP contribution in [-0.2, 0) is 0 Å². The van der Waals surface area contributed by atoms with Crippen molar-refractivity contribution < 1.29 is 0 Å². The lowest BCUT2D eigenvalue weighted by atomic mass is 9.99. The van der Waals surface area contributed by atoms with Crippen LogP contribution in [-0.4, -0.2) is 25.6 Å². The Bertz CT molecular complexity index is 715. The molecule has 2 unspecified atom stereocenters. The van der Waals surface area contributed by atoms with E-state index >= 15 is 0 Å². The molecule has 1 saturated heterocycles. The normalized spacial score (nSPS) is 18.1. The second-order valence-electron chi connectivity index (χ2n) is 7.22. The summed E-state index contributed by atoms with van der Waals surface area (Å²) in [6.45, 7) is 7.37. The molecule has 1 aliphatic heterocycles. The smallest absolute Gasteiger partial charge is 0.193 e. The number of rotatable bonds is 6. The number of aliphatic imine (C=N–C) groups is 1. The molecular formula is C22H31IN4. The van der Waals surface area contributed by atoms with Crippen LogP contribution in [0.15, 0.2) is 59.6 Å². The van der Waals surface area contributed by atoms with Gasteiger partial charge in [0.25, 0.3) is 0 Å². The molecular weight excluding hydrogens is 447 g/mol. The second-order valence-corrected chi connectivity index (χ2v) is 7.22. The fourth-order valence-electron chi connectivity index (χ4n) is 3.40. The third kappa shape index (κ3) is 6.13. The molecule has 0 aromatic heterocycles. The van der Waals surface area contributed by atoms with Gasteiger partial charge in [0.2, 0.25) is 0 Å². The number of hydrogen-bond acceptors (Lipinski definition) is 2. The number of hydrogen-bond donors (Lipinski definition) is 2. The van der Waals surface area contributed by atoms with E-state index in [2.05, 4.69) is 83.7 Å². The standard InChI is InChI=1S/C22H30N4.HI/c1-3-17(2)19-9-11-20(12-10-19)25-22(23)24-15-18-13-14-26(16-18)21-7-5-4-6-8-21;/h4-12,17-18H,3,13-16H2,1-2H3,(H3,23,24,25);1H. The fraction of sp³-hybridized carbons (Fsp3) is 0.409. The molecule has 27 heavy (non-hydrogen) atoms. The van der Waals surface area contributed by atoms with Gasteiger partial charge in [0.1, 0.15) is 0 Å². The van der Waals surface area contributed by atoms with Crippen molar-refractivity contribution in [2.75, 3.05) is 29.9 Å². The van der Waals surface area contributed by atoms with Crippen molar-refractivity contribution >= 4 is 41.3 Å². The summed E-state index contributed by atoms with van der Waals surface area (Å²) >= 11 is 0. The summed E-state index contributed by atoms with van der Waals surface area (Å²) in [5.41, 5.74) is 9.73. The van der Waals surface area contributed by atoms with Gasteiger partial charge in [0, 0.05) is 31.0 Å².